The summed E-state index contributed by atoms with van der Waals surface area (Å²) in [5.41, 5.74) is 3.73. The molecule has 3 heteroatoms. The summed E-state index contributed by atoms with van der Waals surface area (Å²) in [6, 6.07) is 4.16. The summed E-state index contributed by atoms with van der Waals surface area (Å²) in [4.78, 5) is 2.50. The highest BCUT2D eigenvalue weighted by molar-refractivity contribution is 6.21. The van der Waals surface area contributed by atoms with Gasteiger partial charge in [0, 0.05) is 6.54 Å². The highest BCUT2D eigenvalue weighted by Gasteiger charge is 2.21. The number of alkyl halides is 1. The first kappa shape index (κ1) is 15.7. The lowest BCUT2D eigenvalue weighted by Gasteiger charge is -2.32. The number of piperidine rings is 1. The maximum absolute atomic E-state index is 6.70. The van der Waals surface area contributed by atoms with E-state index in [1.54, 1.807) is 7.11 Å². The number of likely N-dealkylation sites (tertiary alicyclic amines) is 1. The summed E-state index contributed by atoms with van der Waals surface area (Å²) in [6.45, 7) is 9.89. The minimum atomic E-state index is 0.0642. The predicted octanol–water partition coefficient (Wildman–Crippen LogP) is 4.32. The zero-order valence-electron chi connectivity index (χ0n) is 13.1. The number of benzene rings is 1. The second kappa shape index (κ2) is 6.82. The Balaban J connectivity index is 2.07. The summed E-state index contributed by atoms with van der Waals surface area (Å²) in [7, 11) is 1.71. The van der Waals surface area contributed by atoms with Crippen LogP contribution in [0.2, 0.25) is 0 Å². The van der Waals surface area contributed by atoms with Crippen molar-refractivity contribution < 1.29 is 4.74 Å². The number of hydrogen-bond acceptors (Lipinski definition) is 2. The lowest BCUT2D eigenvalue weighted by Crippen LogP contribution is -2.35. The second-order valence-corrected chi connectivity index (χ2v) is 6.65. The van der Waals surface area contributed by atoms with Crippen LogP contribution in [-0.2, 0) is 0 Å². The minimum absolute atomic E-state index is 0.0642. The molecule has 0 aromatic heterocycles. The fourth-order valence-corrected chi connectivity index (χ4v) is 3.65. The number of methoxy groups -OCH3 is 1. The van der Waals surface area contributed by atoms with E-state index < -0.39 is 0 Å². The Morgan fingerprint density at radius 2 is 1.80 bits per heavy atom. The molecule has 1 unspecified atom stereocenters. The third kappa shape index (κ3) is 3.67. The van der Waals surface area contributed by atoms with Crippen molar-refractivity contribution in [3.63, 3.8) is 0 Å². The fourth-order valence-electron chi connectivity index (χ4n) is 3.11. The van der Waals surface area contributed by atoms with Crippen LogP contribution in [0.3, 0.4) is 0 Å². The van der Waals surface area contributed by atoms with E-state index in [0.29, 0.717) is 0 Å². The van der Waals surface area contributed by atoms with Crippen LogP contribution in [-0.4, -0.2) is 31.6 Å². The van der Waals surface area contributed by atoms with Crippen molar-refractivity contribution >= 4 is 11.6 Å². The van der Waals surface area contributed by atoms with Gasteiger partial charge in [-0.1, -0.05) is 6.92 Å². The number of halogens is 1. The molecule has 2 nitrogen and oxygen atoms in total. The van der Waals surface area contributed by atoms with Crippen molar-refractivity contribution in [3.8, 4) is 5.75 Å². The molecule has 1 atom stereocenters. The molecule has 1 aromatic carbocycles. The van der Waals surface area contributed by atoms with E-state index in [0.717, 1.165) is 18.2 Å². The Morgan fingerprint density at radius 3 is 2.30 bits per heavy atom. The molecule has 1 saturated heterocycles. The smallest absolute Gasteiger partial charge is 0.119 e. The fraction of sp³-hybridized carbons (Fsp3) is 0.647. The predicted molar refractivity (Wildman–Crippen MR) is 85.9 cm³/mol. The summed E-state index contributed by atoms with van der Waals surface area (Å²) in [6.07, 6.45) is 2.59. The van der Waals surface area contributed by atoms with Crippen molar-refractivity contribution in [2.24, 2.45) is 5.92 Å². The van der Waals surface area contributed by atoms with E-state index in [2.05, 4.69) is 37.8 Å². The zero-order valence-corrected chi connectivity index (χ0v) is 13.8. The maximum Gasteiger partial charge on any atom is 0.119 e. The Bertz CT molecular complexity index is 429. The van der Waals surface area contributed by atoms with Gasteiger partial charge in [-0.2, -0.15) is 0 Å². The molecule has 0 bridgehead atoms. The molecule has 0 saturated carbocycles. The van der Waals surface area contributed by atoms with Crippen LogP contribution in [0.5, 0.6) is 5.75 Å². The molecule has 0 amide bonds. The van der Waals surface area contributed by atoms with Crippen LogP contribution >= 0.6 is 11.6 Å². The van der Waals surface area contributed by atoms with Crippen molar-refractivity contribution in [1.29, 1.82) is 0 Å². The van der Waals surface area contributed by atoms with E-state index in [1.165, 1.54) is 42.6 Å². The minimum Gasteiger partial charge on any atom is -0.497 e. The van der Waals surface area contributed by atoms with E-state index in [1.807, 2.05) is 0 Å². The van der Waals surface area contributed by atoms with Crippen molar-refractivity contribution in [2.75, 3.05) is 26.7 Å². The van der Waals surface area contributed by atoms with Crippen LogP contribution in [0.4, 0.5) is 0 Å². The molecule has 2 rings (SSSR count). The first-order chi connectivity index (χ1) is 9.51. The molecule has 1 fully saturated rings. The number of hydrogen-bond donors (Lipinski definition) is 0. The monoisotopic (exact) mass is 295 g/mol. The number of ether oxygens (including phenoxy) is 1. The largest absolute Gasteiger partial charge is 0.497 e. The van der Waals surface area contributed by atoms with Crippen molar-refractivity contribution in [3.05, 3.63) is 28.8 Å². The standard InChI is InChI=1S/C17H26ClNO/c1-12-5-7-19(8-6-12)11-16(18)17-13(2)9-15(20-4)10-14(17)3/h9-10,12,16H,5-8,11H2,1-4H3. The average Bonchev–Trinajstić information content (AvgIpc) is 2.40. The molecular weight excluding hydrogens is 270 g/mol. The van der Waals surface area contributed by atoms with E-state index in [-0.39, 0.29) is 5.38 Å². The van der Waals surface area contributed by atoms with Gasteiger partial charge in [-0.15, -0.1) is 11.6 Å². The molecule has 0 N–H and O–H groups in total. The Kier molecular flexibility index (Phi) is 5.34. The van der Waals surface area contributed by atoms with Gasteiger partial charge >= 0.3 is 0 Å². The van der Waals surface area contributed by atoms with Crippen LogP contribution in [0.15, 0.2) is 12.1 Å². The van der Waals surface area contributed by atoms with E-state index in [9.17, 15) is 0 Å². The van der Waals surface area contributed by atoms with Gasteiger partial charge in [0.1, 0.15) is 5.75 Å². The molecule has 0 radical (unpaired) electrons. The van der Waals surface area contributed by atoms with Gasteiger partial charge in [0.05, 0.1) is 12.5 Å². The summed E-state index contributed by atoms with van der Waals surface area (Å²) in [5.74, 6) is 1.78. The molecular formula is C17H26ClNO. The molecule has 20 heavy (non-hydrogen) atoms. The molecule has 112 valence electrons. The van der Waals surface area contributed by atoms with Crippen LogP contribution in [0, 0.1) is 19.8 Å². The van der Waals surface area contributed by atoms with Gasteiger partial charge in [-0.3, -0.25) is 0 Å². The van der Waals surface area contributed by atoms with Gasteiger partial charge in [0.15, 0.2) is 0 Å². The highest BCUT2D eigenvalue weighted by Crippen LogP contribution is 2.32. The SMILES string of the molecule is COc1cc(C)c(C(Cl)CN2CCC(C)CC2)c(C)c1. The summed E-state index contributed by atoms with van der Waals surface area (Å²) < 4.78 is 5.32. The molecule has 1 aliphatic heterocycles. The first-order valence-electron chi connectivity index (χ1n) is 7.52. The van der Waals surface area contributed by atoms with Gasteiger partial charge in [-0.05, 0) is 74.5 Å². The molecule has 1 aromatic rings. The zero-order chi connectivity index (χ0) is 14.7. The van der Waals surface area contributed by atoms with Gasteiger partial charge in [0.2, 0.25) is 0 Å². The third-order valence-electron chi connectivity index (χ3n) is 4.41. The number of rotatable bonds is 4. The third-order valence-corrected chi connectivity index (χ3v) is 4.77. The Morgan fingerprint density at radius 1 is 1.25 bits per heavy atom. The quantitative estimate of drug-likeness (QED) is 0.767. The molecule has 0 spiro atoms. The van der Waals surface area contributed by atoms with Gasteiger partial charge < -0.3 is 9.64 Å². The molecule has 1 aliphatic rings. The lowest BCUT2D eigenvalue weighted by molar-refractivity contribution is 0.192. The normalized spacial score (nSPS) is 19.1. The van der Waals surface area contributed by atoms with E-state index >= 15 is 0 Å². The van der Waals surface area contributed by atoms with Crippen LogP contribution < -0.4 is 4.74 Å². The summed E-state index contributed by atoms with van der Waals surface area (Å²) >= 11 is 6.70. The number of nitrogens with zero attached hydrogens (tertiary/aromatic N) is 1. The Labute approximate surface area is 128 Å². The van der Waals surface area contributed by atoms with Crippen LogP contribution in [0.1, 0.15) is 41.8 Å². The summed E-state index contributed by atoms with van der Waals surface area (Å²) in [5, 5.41) is 0.0642. The second-order valence-electron chi connectivity index (χ2n) is 6.13. The Hall–Kier alpha value is -0.730. The van der Waals surface area contributed by atoms with Gasteiger partial charge in [0.25, 0.3) is 0 Å². The highest BCUT2D eigenvalue weighted by atomic mass is 35.5. The average molecular weight is 296 g/mol. The topological polar surface area (TPSA) is 12.5 Å². The van der Waals surface area contributed by atoms with Gasteiger partial charge in [-0.25, -0.2) is 0 Å². The molecule has 1 heterocycles. The van der Waals surface area contributed by atoms with E-state index in [4.69, 9.17) is 16.3 Å². The maximum atomic E-state index is 6.70. The first-order valence-corrected chi connectivity index (χ1v) is 7.96. The number of aryl methyl sites for hydroxylation is 2. The van der Waals surface area contributed by atoms with Crippen molar-refractivity contribution in [2.45, 2.75) is 39.0 Å². The van der Waals surface area contributed by atoms with Crippen LogP contribution in [0.25, 0.3) is 0 Å². The van der Waals surface area contributed by atoms with Crippen molar-refractivity contribution in [1.82, 2.24) is 4.90 Å². The lowest BCUT2D eigenvalue weighted by atomic mass is 9.96. The molecule has 0 aliphatic carbocycles.